The van der Waals surface area contributed by atoms with Crippen LogP contribution in [0.1, 0.15) is 5.56 Å². The summed E-state index contributed by atoms with van der Waals surface area (Å²) >= 11 is 0. The van der Waals surface area contributed by atoms with Gasteiger partial charge >= 0.3 is 0 Å². The number of anilines is 2. The van der Waals surface area contributed by atoms with E-state index in [2.05, 4.69) is 4.98 Å². The third kappa shape index (κ3) is 2.93. The Morgan fingerprint density at radius 3 is 2.63 bits per heavy atom. The van der Waals surface area contributed by atoms with Crippen molar-refractivity contribution in [2.24, 2.45) is 0 Å². The molecule has 2 aromatic rings. The summed E-state index contributed by atoms with van der Waals surface area (Å²) in [5, 5.41) is 0. The summed E-state index contributed by atoms with van der Waals surface area (Å²) in [7, 11) is 3.32. The lowest BCUT2D eigenvalue weighted by molar-refractivity contribution is 0.387. The van der Waals surface area contributed by atoms with Crippen molar-refractivity contribution >= 4 is 11.4 Å². The molecular formula is C14H16FN3O. The molecule has 0 saturated heterocycles. The van der Waals surface area contributed by atoms with E-state index in [-0.39, 0.29) is 5.75 Å². The van der Waals surface area contributed by atoms with Crippen LogP contribution in [0.15, 0.2) is 36.7 Å². The van der Waals surface area contributed by atoms with Crippen molar-refractivity contribution in [2.75, 3.05) is 24.8 Å². The van der Waals surface area contributed by atoms with Crippen molar-refractivity contribution < 1.29 is 9.13 Å². The molecule has 2 rings (SSSR count). The molecule has 0 saturated carbocycles. The maximum Gasteiger partial charge on any atom is 0.167 e. The maximum absolute atomic E-state index is 13.5. The summed E-state index contributed by atoms with van der Waals surface area (Å²) in [4.78, 5) is 5.91. The Morgan fingerprint density at radius 1 is 1.32 bits per heavy atom. The molecule has 1 aromatic carbocycles. The lowest BCUT2D eigenvalue weighted by Gasteiger charge is -2.22. The first-order valence-corrected chi connectivity index (χ1v) is 5.85. The number of aromatic nitrogens is 1. The van der Waals surface area contributed by atoms with Gasteiger partial charge in [-0.1, -0.05) is 0 Å². The van der Waals surface area contributed by atoms with Gasteiger partial charge in [0.25, 0.3) is 0 Å². The molecule has 0 aliphatic rings. The summed E-state index contributed by atoms with van der Waals surface area (Å²) in [6.45, 7) is 0.654. The molecule has 0 atom stereocenters. The monoisotopic (exact) mass is 261 g/mol. The molecule has 0 radical (unpaired) electrons. The highest BCUT2D eigenvalue weighted by Gasteiger charge is 2.12. The number of hydrogen-bond acceptors (Lipinski definition) is 4. The molecule has 4 nitrogen and oxygen atoms in total. The highest BCUT2D eigenvalue weighted by Crippen LogP contribution is 2.30. The van der Waals surface area contributed by atoms with Crippen LogP contribution < -0.4 is 15.4 Å². The van der Waals surface area contributed by atoms with Gasteiger partial charge in [-0.25, -0.2) is 4.39 Å². The molecule has 0 unspecified atom stereocenters. The van der Waals surface area contributed by atoms with E-state index in [1.165, 1.54) is 13.2 Å². The largest absolute Gasteiger partial charge is 0.494 e. The molecule has 1 heterocycles. The van der Waals surface area contributed by atoms with Crippen LogP contribution in [0.4, 0.5) is 15.8 Å². The van der Waals surface area contributed by atoms with Crippen LogP contribution in [0.5, 0.6) is 5.75 Å². The minimum atomic E-state index is -0.457. The summed E-state index contributed by atoms with van der Waals surface area (Å²) in [6.07, 6.45) is 3.47. The van der Waals surface area contributed by atoms with Gasteiger partial charge in [-0.2, -0.15) is 0 Å². The van der Waals surface area contributed by atoms with E-state index in [0.29, 0.717) is 12.2 Å². The maximum atomic E-state index is 13.5. The zero-order valence-corrected chi connectivity index (χ0v) is 10.9. The van der Waals surface area contributed by atoms with Crippen molar-refractivity contribution in [2.45, 2.75) is 6.54 Å². The molecule has 5 heteroatoms. The van der Waals surface area contributed by atoms with Gasteiger partial charge in [-0.3, -0.25) is 4.98 Å². The summed E-state index contributed by atoms with van der Waals surface area (Å²) in [6, 6.07) is 6.73. The molecule has 0 spiro atoms. The fraction of sp³-hybridized carbons (Fsp3) is 0.214. The number of pyridine rings is 1. The fourth-order valence-corrected chi connectivity index (χ4v) is 1.89. The van der Waals surface area contributed by atoms with E-state index >= 15 is 0 Å². The Kier molecular flexibility index (Phi) is 3.85. The third-order valence-electron chi connectivity index (χ3n) is 2.88. The minimum absolute atomic E-state index is 0.186. The second kappa shape index (κ2) is 5.56. The van der Waals surface area contributed by atoms with Gasteiger partial charge in [-0.05, 0) is 17.7 Å². The summed E-state index contributed by atoms with van der Waals surface area (Å²) in [5.41, 5.74) is 8.06. The van der Waals surface area contributed by atoms with Crippen molar-refractivity contribution in [3.8, 4) is 5.75 Å². The summed E-state index contributed by atoms with van der Waals surface area (Å²) in [5.74, 6) is -0.271. The van der Waals surface area contributed by atoms with Gasteiger partial charge in [-0.15, -0.1) is 0 Å². The molecule has 100 valence electrons. The highest BCUT2D eigenvalue weighted by atomic mass is 19.1. The Labute approximate surface area is 111 Å². The normalized spacial score (nSPS) is 10.3. The molecule has 0 bridgehead atoms. The van der Waals surface area contributed by atoms with Crippen LogP contribution in [-0.2, 0) is 6.54 Å². The van der Waals surface area contributed by atoms with Gasteiger partial charge in [0, 0.05) is 38.1 Å². The smallest absolute Gasteiger partial charge is 0.167 e. The average molecular weight is 261 g/mol. The third-order valence-corrected chi connectivity index (χ3v) is 2.88. The Morgan fingerprint density at radius 2 is 2.00 bits per heavy atom. The lowest BCUT2D eigenvalue weighted by Crippen LogP contribution is -2.18. The molecule has 0 aliphatic carbocycles. The number of methoxy groups -OCH3 is 1. The Bertz CT molecular complexity index is 560. The molecule has 0 aliphatic heterocycles. The quantitative estimate of drug-likeness (QED) is 0.859. The predicted octanol–water partition coefficient (Wildman–Crippen LogP) is 2.45. The first-order valence-electron chi connectivity index (χ1n) is 5.85. The van der Waals surface area contributed by atoms with Gasteiger partial charge in [0.1, 0.15) is 0 Å². The van der Waals surface area contributed by atoms with Crippen LogP contribution >= 0.6 is 0 Å². The molecule has 0 fully saturated rings. The van der Waals surface area contributed by atoms with Gasteiger partial charge < -0.3 is 15.4 Å². The van der Waals surface area contributed by atoms with E-state index in [0.717, 1.165) is 11.3 Å². The topological polar surface area (TPSA) is 51.4 Å². The molecule has 0 amide bonds. The number of ether oxygens (including phenoxy) is 1. The Balaban J connectivity index is 2.26. The first-order chi connectivity index (χ1) is 9.11. The van der Waals surface area contributed by atoms with Crippen molar-refractivity contribution in [1.29, 1.82) is 0 Å². The second-order valence-corrected chi connectivity index (χ2v) is 4.26. The number of halogens is 1. The first kappa shape index (κ1) is 13.1. The van der Waals surface area contributed by atoms with Crippen LogP contribution in [0.2, 0.25) is 0 Å². The van der Waals surface area contributed by atoms with E-state index in [1.54, 1.807) is 18.5 Å². The van der Waals surface area contributed by atoms with E-state index in [4.69, 9.17) is 10.5 Å². The van der Waals surface area contributed by atoms with Gasteiger partial charge in [0.15, 0.2) is 11.6 Å². The number of hydrogen-bond donors (Lipinski definition) is 1. The lowest BCUT2D eigenvalue weighted by atomic mass is 10.2. The number of rotatable bonds is 4. The predicted molar refractivity (Wildman–Crippen MR) is 73.7 cm³/mol. The van der Waals surface area contributed by atoms with Crippen LogP contribution in [0.3, 0.4) is 0 Å². The zero-order valence-electron chi connectivity index (χ0n) is 10.9. The second-order valence-electron chi connectivity index (χ2n) is 4.26. The van der Waals surface area contributed by atoms with E-state index < -0.39 is 5.82 Å². The number of nitrogen functional groups attached to an aromatic ring is 1. The highest BCUT2D eigenvalue weighted by molar-refractivity contribution is 5.69. The standard InChI is InChI=1S/C14H16FN3O/c1-18(9-10-3-5-17-6-4-10)13-8-14(19-2)11(15)7-12(13)16/h3-8H,9,16H2,1-2H3. The average Bonchev–Trinajstić information content (AvgIpc) is 2.40. The van der Waals surface area contributed by atoms with Crippen molar-refractivity contribution in [1.82, 2.24) is 4.98 Å². The summed E-state index contributed by atoms with van der Waals surface area (Å²) < 4.78 is 18.5. The van der Waals surface area contributed by atoms with E-state index in [1.807, 2.05) is 24.1 Å². The van der Waals surface area contributed by atoms with Gasteiger partial charge in [0.05, 0.1) is 18.5 Å². The minimum Gasteiger partial charge on any atom is -0.494 e. The van der Waals surface area contributed by atoms with Crippen LogP contribution in [-0.4, -0.2) is 19.1 Å². The van der Waals surface area contributed by atoms with Crippen molar-refractivity contribution in [3.63, 3.8) is 0 Å². The van der Waals surface area contributed by atoms with E-state index in [9.17, 15) is 4.39 Å². The number of nitrogens with zero attached hydrogens (tertiary/aromatic N) is 2. The fourth-order valence-electron chi connectivity index (χ4n) is 1.89. The molecule has 1 aromatic heterocycles. The van der Waals surface area contributed by atoms with Crippen molar-refractivity contribution in [3.05, 3.63) is 48.0 Å². The molecule has 19 heavy (non-hydrogen) atoms. The zero-order chi connectivity index (χ0) is 13.8. The Hall–Kier alpha value is -2.30. The molecular weight excluding hydrogens is 245 g/mol. The SMILES string of the molecule is COc1cc(N(C)Cc2ccncc2)c(N)cc1F. The van der Waals surface area contributed by atoms with Crippen LogP contribution in [0, 0.1) is 5.82 Å². The van der Waals surface area contributed by atoms with Crippen LogP contribution in [0.25, 0.3) is 0 Å². The molecule has 2 N–H and O–H groups in total. The van der Waals surface area contributed by atoms with Gasteiger partial charge in [0.2, 0.25) is 0 Å². The number of benzene rings is 1. The number of nitrogens with two attached hydrogens (primary N) is 1.